The average molecular weight is 299 g/mol. The Hall–Kier alpha value is -1.06. The van der Waals surface area contributed by atoms with Gasteiger partial charge in [-0.2, -0.15) is 0 Å². The molecule has 0 fully saturated rings. The van der Waals surface area contributed by atoms with E-state index in [9.17, 15) is 4.79 Å². The van der Waals surface area contributed by atoms with E-state index in [1.54, 1.807) is 0 Å². The number of hydrogen-bond acceptors (Lipinski definition) is 2. The third-order valence-electron chi connectivity index (χ3n) is 3.85. The van der Waals surface area contributed by atoms with Gasteiger partial charge in [0.2, 0.25) is 5.91 Å². The predicted molar refractivity (Wildman–Crippen MR) is 87.2 cm³/mol. The molecule has 1 rings (SSSR count). The van der Waals surface area contributed by atoms with Crippen LogP contribution in [0.2, 0.25) is 0 Å². The summed E-state index contributed by atoms with van der Waals surface area (Å²) in [5.74, 6) is 0.115. The van der Waals surface area contributed by atoms with Gasteiger partial charge in [-0.15, -0.1) is 12.4 Å². The molecule has 3 nitrogen and oxygen atoms in total. The minimum Gasteiger partial charge on any atom is -0.355 e. The van der Waals surface area contributed by atoms with Gasteiger partial charge in [-0.25, -0.2) is 0 Å². The summed E-state index contributed by atoms with van der Waals surface area (Å²) in [7, 11) is 0. The number of hydrogen-bond donors (Lipinski definition) is 2. The van der Waals surface area contributed by atoms with Gasteiger partial charge in [0.15, 0.2) is 0 Å². The van der Waals surface area contributed by atoms with E-state index in [0.717, 1.165) is 24.8 Å². The third-order valence-corrected chi connectivity index (χ3v) is 3.85. The van der Waals surface area contributed by atoms with Crippen LogP contribution in [0.4, 0.5) is 0 Å². The fourth-order valence-electron chi connectivity index (χ4n) is 2.45. The summed E-state index contributed by atoms with van der Waals surface area (Å²) in [5.41, 5.74) is 6.39. The first-order valence-corrected chi connectivity index (χ1v) is 7.16. The van der Waals surface area contributed by atoms with Crippen LogP contribution in [-0.4, -0.2) is 18.5 Å². The minimum atomic E-state index is -0.418. The highest BCUT2D eigenvalue weighted by Crippen LogP contribution is 2.31. The van der Waals surface area contributed by atoms with Crippen LogP contribution in [-0.2, 0) is 10.2 Å². The van der Waals surface area contributed by atoms with Crippen LogP contribution >= 0.6 is 12.4 Å². The number of amides is 1. The van der Waals surface area contributed by atoms with E-state index in [-0.39, 0.29) is 24.4 Å². The Bertz CT molecular complexity index is 389. The zero-order chi connectivity index (χ0) is 14.3. The number of carbonyl (C=O) groups is 1. The van der Waals surface area contributed by atoms with Gasteiger partial charge >= 0.3 is 0 Å². The van der Waals surface area contributed by atoms with Crippen molar-refractivity contribution in [1.29, 1.82) is 0 Å². The number of nitrogens with two attached hydrogens (primary N) is 1. The van der Waals surface area contributed by atoms with Gasteiger partial charge < -0.3 is 11.1 Å². The summed E-state index contributed by atoms with van der Waals surface area (Å²) in [5, 5.41) is 3.04. The maximum atomic E-state index is 12.6. The molecule has 20 heavy (non-hydrogen) atoms. The van der Waals surface area contributed by atoms with Crippen molar-refractivity contribution < 1.29 is 4.79 Å². The molecular formula is C16H27ClN2O. The zero-order valence-corrected chi connectivity index (χ0v) is 13.5. The Morgan fingerprint density at radius 1 is 1.25 bits per heavy atom. The van der Waals surface area contributed by atoms with Crippen molar-refractivity contribution in [2.75, 3.05) is 6.54 Å². The van der Waals surface area contributed by atoms with E-state index >= 15 is 0 Å². The van der Waals surface area contributed by atoms with E-state index < -0.39 is 5.41 Å². The SMILES string of the molecule is CCC(CC)(C(=O)NCCC(C)N)c1ccccc1.Cl. The van der Waals surface area contributed by atoms with Crippen LogP contribution in [0.25, 0.3) is 0 Å². The summed E-state index contributed by atoms with van der Waals surface area (Å²) in [6.45, 7) is 6.74. The van der Waals surface area contributed by atoms with Crippen LogP contribution in [0.3, 0.4) is 0 Å². The molecular weight excluding hydrogens is 272 g/mol. The van der Waals surface area contributed by atoms with Crippen molar-refractivity contribution in [3.63, 3.8) is 0 Å². The molecule has 1 aromatic rings. The van der Waals surface area contributed by atoms with Crippen LogP contribution in [0.15, 0.2) is 30.3 Å². The zero-order valence-electron chi connectivity index (χ0n) is 12.7. The monoisotopic (exact) mass is 298 g/mol. The molecule has 0 saturated carbocycles. The van der Waals surface area contributed by atoms with Crippen molar-refractivity contribution in [2.24, 2.45) is 5.73 Å². The van der Waals surface area contributed by atoms with E-state index in [4.69, 9.17) is 5.73 Å². The maximum absolute atomic E-state index is 12.6. The third kappa shape index (κ3) is 4.50. The largest absolute Gasteiger partial charge is 0.355 e. The summed E-state index contributed by atoms with van der Waals surface area (Å²) in [4.78, 5) is 12.6. The average Bonchev–Trinajstić information content (AvgIpc) is 2.41. The molecule has 1 amide bonds. The second kappa shape index (κ2) is 8.98. The van der Waals surface area contributed by atoms with Gasteiger partial charge in [0, 0.05) is 12.6 Å². The van der Waals surface area contributed by atoms with Gasteiger partial charge in [0.05, 0.1) is 5.41 Å². The molecule has 0 heterocycles. The van der Waals surface area contributed by atoms with E-state index in [0.29, 0.717) is 6.54 Å². The highest BCUT2D eigenvalue weighted by Gasteiger charge is 2.36. The molecule has 114 valence electrons. The predicted octanol–water partition coefficient (Wildman–Crippen LogP) is 3.02. The molecule has 3 N–H and O–H groups in total. The molecule has 4 heteroatoms. The second-order valence-corrected chi connectivity index (χ2v) is 5.18. The second-order valence-electron chi connectivity index (χ2n) is 5.18. The Balaban J connectivity index is 0.00000361. The van der Waals surface area contributed by atoms with E-state index in [1.165, 1.54) is 0 Å². The molecule has 0 bridgehead atoms. The van der Waals surface area contributed by atoms with Crippen LogP contribution in [0.1, 0.15) is 45.6 Å². The molecule has 0 aliphatic rings. The van der Waals surface area contributed by atoms with E-state index in [2.05, 4.69) is 19.2 Å². The summed E-state index contributed by atoms with van der Waals surface area (Å²) in [6, 6.07) is 10.2. The molecule has 0 spiro atoms. The smallest absolute Gasteiger partial charge is 0.230 e. The van der Waals surface area contributed by atoms with Gasteiger partial charge in [-0.1, -0.05) is 44.2 Å². The maximum Gasteiger partial charge on any atom is 0.230 e. The molecule has 0 aromatic heterocycles. The highest BCUT2D eigenvalue weighted by atomic mass is 35.5. The van der Waals surface area contributed by atoms with E-state index in [1.807, 2.05) is 37.3 Å². The van der Waals surface area contributed by atoms with Crippen LogP contribution < -0.4 is 11.1 Å². The molecule has 0 aliphatic carbocycles. The lowest BCUT2D eigenvalue weighted by Gasteiger charge is -2.31. The van der Waals surface area contributed by atoms with Crippen molar-refractivity contribution in [1.82, 2.24) is 5.32 Å². The lowest BCUT2D eigenvalue weighted by atomic mass is 9.75. The topological polar surface area (TPSA) is 55.1 Å². The molecule has 1 aromatic carbocycles. The Labute approximate surface area is 128 Å². The fourth-order valence-corrected chi connectivity index (χ4v) is 2.45. The minimum absolute atomic E-state index is 0. The lowest BCUT2D eigenvalue weighted by Crippen LogP contribution is -2.44. The van der Waals surface area contributed by atoms with Crippen molar-refractivity contribution in [3.05, 3.63) is 35.9 Å². The number of benzene rings is 1. The summed E-state index contributed by atoms with van der Waals surface area (Å²) in [6.07, 6.45) is 2.42. The van der Waals surface area contributed by atoms with Gasteiger partial charge in [-0.3, -0.25) is 4.79 Å². The molecule has 0 aliphatic heterocycles. The number of halogens is 1. The quantitative estimate of drug-likeness (QED) is 0.813. The van der Waals surface area contributed by atoms with Gasteiger partial charge in [0.25, 0.3) is 0 Å². The summed E-state index contributed by atoms with van der Waals surface area (Å²) < 4.78 is 0. The first-order chi connectivity index (χ1) is 9.06. The Kier molecular flexibility index (Phi) is 8.51. The van der Waals surface area contributed by atoms with Gasteiger partial charge in [0.1, 0.15) is 0 Å². The van der Waals surface area contributed by atoms with Crippen molar-refractivity contribution in [2.45, 2.75) is 51.5 Å². The standard InChI is InChI=1S/C16H26N2O.ClH/c1-4-16(5-2,14-9-7-6-8-10-14)15(19)18-12-11-13(3)17;/h6-10,13H,4-5,11-12,17H2,1-3H3,(H,18,19);1H. The van der Waals surface area contributed by atoms with Gasteiger partial charge in [-0.05, 0) is 31.7 Å². The van der Waals surface area contributed by atoms with Crippen molar-refractivity contribution in [3.8, 4) is 0 Å². The lowest BCUT2D eigenvalue weighted by molar-refractivity contribution is -0.127. The molecule has 0 saturated heterocycles. The molecule has 1 unspecified atom stereocenters. The number of nitrogens with one attached hydrogen (secondary N) is 1. The number of rotatable bonds is 7. The molecule has 1 atom stereocenters. The first-order valence-electron chi connectivity index (χ1n) is 7.16. The fraction of sp³-hybridized carbons (Fsp3) is 0.562. The normalized spacial score (nSPS) is 12.4. The van der Waals surface area contributed by atoms with Crippen molar-refractivity contribution >= 4 is 18.3 Å². The van der Waals surface area contributed by atoms with Crippen LogP contribution in [0, 0.1) is 0 Å². The Morgan fingerprint density at radius 3 is 2.25 bits per heavy atom. The summed E-state index contributed by atoms with van der Waals surface area (Å²) >= 11 is 0. The van der Waals surface area contributed by atoms with Crippen LogP contribution in [0.5, 0.6) is 0 Å². The molecule has 0 radical (unpaired) electrons. The first kappa shape index (κ1) is 18.9. The highest BCUT2D eigenvalue weighted by molar-refractivity contribution is 5.88. The Morgan fingerprint density at radius 2 is 1.80 bits per heavy atom. The number of carbonyl (C=O) groups excluding carboxylic acids is 1.